The van der Waals surface area contributed by atoms with Gasteiger partial charge in [-0.1, -0.05) is 72.8 Å². The minimum Gasteiger partial charge on any atom is -0.495 e. The fraction of sp³-hybridized carbons (Fsp3) is 0.394. The van der Waals surface area contributed by atoms with Gasteiger partial charge in [-0.15, -0.1) is 0 Å². The Morgan fingerprint density at radius 2 is 1.59 bits per heavy atom. The SMILES string of the molecule is CCC(C(=O)NC1CCCC1)N(Cc1c(Cl)cccc1Cl)C(=O)CN(c1cc(C)ccc1OC)S(=O)(=O)c1ccc(C)cc1. The minimum atomic E-state index is -4.26. The lowest BCUT2D eigenvalue weighted by atomic mass is 10.1. The maximum Gasteiger partial charge on any atom is 0.264 e. The van der Waals surface area contributed by atoms with E-state index in [0.29, 0.717) is 22.0 Å². The van der Waals surface area contributed by atoms with Gasteiger partial charge in [-0.05, 0) is 75.1 Å². The molecule has 44 heavy (non-hydrogen) atoms. The third-order valence-electron chi connectivity index (χ3n) is 7.97. The molecule has 0 spiro atoms. The highest BCUT2D eigenvalue weighted by atomic mass is 35.5. The number of aryl methyl sites for hydroxylation is 2. The molecule has 1 fully saturated rings. The van der Waals surface area contributed by atoms with Crippen LogP contribution in [0.5, 0.6) is 5.75 Å². The van der Waals surface area contributed by atoms with Crippen molar-refractivity contribution in [2.24, 2.45) is 0 Å². The van der Waals surface area contributed by atoms with E-state index < -0.39 is 28.5 Å². The summed E-state index contributed by atoms with van der Waals surface area (Å²) in [5.74, 6) is -0.600. The number of hydrogen-bond donors (Lipinski definition) is 1. The third-order valence-corrected chi connectivity index (χ3v) is 10.5. The highest BCUT2D eigenvalue weighted by Gasteiger charge is 2.36. The second kappa shape index (κ2) is 14.7. The average Bonchev–Trinajstić information content (AvgIpc) is 3.50. The van der Waals surface area contributed by atoms with Gasteiger partial charge in [-0.2, -0.15) is 0 Å². The van der Waals surface area contributed by atoms with Gasteiger partial charge in [0.1, 0.15) is 18.3 Å². The van der Waals surface area contributed by atoms with Crippen molar-refractivity contribution in [3.63, 3.8) is 0 Å². The highest BCUT2D eigenvalue weighted by molar-refractivity contribution is 7.92. The summed E-state index contributed by atoms with van der Waals surface area (Å²) in [6, 6.07) is 15.7. The Bertz CT molecular complexity index is 1570. The lowest BCUT2D eigenvalue weighted by molar-refractivity contribution is -0.140. The predicted molar refractivity (Wildman–Crippen MR) is 175 cm³/mol. The number of ether oxygens (including phenoxy) is 1. The van der Waals surface area contributed by atoms with Crippen molar-refractivity contribution in [1.29, 1.82) is 0 Å². The van der Waals surface area contributed by atoms with Crippen LogP contribution in [0.4, 0.5) is 5.69 Å². The van der Waals surface area contributed by atoms with Crippen molar-refractivity contribution in [3.05, 3.63) is 87.4 Å². The Morgan fingerprint density at radius 3 is 2.18 bits per heavy atom. The molecule has 0 heterocycles. The maximum absolute atomic E-state index is 14.4. The number of carbonyl (C=O) groups excluding carboxylic acids is 2. The Labute approximate surface area is 270 Å². The van der Waals surface area contributed by atoms with Crippen molar-refractivity contribution in [3.8, 4) is 5.75 Å². The number of methoxy groups -OCH3 is 1. The first-order valence-corrected chi connectivity index (χ1v) is 16.9. The number of benzene rings is 3. The van der Waals surface area contributed by atoms with E-state index in [9.17, 15) is 18.0 Å². The van der Waals surface area contributed by atoms with Gasteiger partial charge < -0.3 is 15.0 Å². The third kappa shape index (κ3) is 7.68. The van der Waals surface area contributed by atoms with Crippen LogP contribution in [-0.2, 0) is 26.2 Å². The predicted octanol–water partition coefficient (Wildman–Crippen LogP) is 6.68. The zero-order valence-electron chi connectivity index (χ0n) is 25.5. The van der Waals surface area contributed by atoms with Crippen LogP contribution in [0, 0.1) is 13.8 Å². The second-order valence-electron chi connectivity index (χ2n) is 11.1. The summed E-state index contributed by atoms with van der Waals surface area (Å²) in [5.41, 5.74) is 2.35. The molecule has 0 aliphatic heterocycles. The van der Waals surface area contributed by atoms with Gasteiger partial charge in [-0.25, -0.2) is 8.42 Å². The Kier molecular flexibility index (Phi) is 11.2. The maximum atomic E-state index is 14.4. The molecule has 1 saturated carbocycles. The number of amides is 2. The van der Waals surface area contributed by atoms with Crippen molar-refractivity contribution >= 4 is 50.7 Å². The molecule has 0 bridgehead atoms. The van der Waals surface area contributed by atoms with Gasteiger partial charge in [0.25, 0.3) is 10.0 Å². The largest absolute Gasteiger partial charge is 0.495 e. The molecule has 0 radical (unpaired) electrons. The zero-order valence-corrected chi connectivity index (χ0v) is 27.8. The zero-order chi connectivity index (χ0) is 32.0. The van der Waals surface area contributed by atoms with E-state index in [2.05, 4.69) is 5.32 Å². The quantitative estimate of drug-likeness (QED) is 0.234. The molecule has 11 heteroatoms. The normalized spacial score (nSPS) is 14.2. The fourth-order valence-corrected chi connectivity index (χ4v) is 7.42. The number of rotatable bonds is 12. The number of hydrogen-bond acceptors (Lipinski definition) is 5. The fourth-order valence-electron chi connectivity index (χ4n) is 5.49. The summed E-state index contributed by atoms with van der Waals surface area (Å²) in [7, 11) is -2.81. The molecule has 1 atom stereocenters. The molecule has 8 nitrogen and oxygen atoms in total. The van der Waals surface area contributed by atoms with Crippen LogP contribution in [0.1, 0.15) is 55.7 Å². The molecule has 1 N–H and O–H groups in total. The molecule has 3 aromatic carbocycles. The second-order valence-corrected chi connectivity index (χ2v) is 13.8. The Morgan fingerprint density at radius 1 is 0.977 bits per heavy atom. The molecule has 1 aliphatic carbocycles. The molecule has 3 aromatic rings. The molecular weight excluding hydrogens is 621 g/mol. The van der Waals surface area contributed by atoms with Crippen LogP contribution in [0.3, 0.4) is 0 Å². The number of nitrogens with zero attached hydrogens (tertiary/aromatic N) is 2. The van der Waals surface area contributed by atoms with Gasteiger partial charge >= 0.3 is 0 Å². The molecular formula is C33H39Cl2N3O5S. The highest BCUT2D eigenvalue weighted by Crippen LogP contribution is 2.34. The standard InChI is InChI=1S/C33H39Cl2N3O5S/c1-5-29(33(40)36-24-9-6-7-10-24)37(20-26-27(34)11-8-12-28(26)35)32(39)21-38(30-19-23(3)15-18-31(30)43-4)44(41,42)25-16-13-22(2)14-17-25/h8,11-19,24,29H,5-7,9-10,20-21H2,1-4H3,(H,36,40). The number of nitrogens with one attached hydrogen (secondary N) is 1. The van der Waals surface area contributed by atoms with E-state index in [1.165, 1.54) is 24.1 Å². The van der Waals surface area contributed by atoms with Gasteiger partial charge in [0.2, 0.25) is 11.8 Å². The summed E-state index contributed by atoms with van der Waals surface area (Å²) >= 11 is 13.0. The van der Waals surface area contributed by atoms with Gasteiger partial charge in [-0.3, -0.25) is 13.9 Å². The number of sulfonamides is 1. The topological polar surface area (TPSA) is 96.0 Å². The summed E-state index contributed by atoms with van der Waals surface area (Å²) in [6.45, 7) is 4.83. The van der Waals surface area contributed by atoms with Crippen LogP contribution < -0.4 is 14.4 Å². The molecule has 4 rings (SSSR count). The van der Waals surface area contributed by atoms with Gasteiger partial charge in [0, 0.05) is 28.2 Å². The summed E-state index contributed by atoms with van der Waals surface area (Å²) in [4.78, 5) is 29.5. The number of anilines is 1. The Hall–Kier alpha value is -3.27. The van der Waals surface area contributed by atoms with E-state index in [1.54, 1.807) is 48.5 Å². The summed E-state index contributed by atoms with van der Waals surface area (Å²) in [6.07, 6.45) is 4.11. The molecule has 1 aliphatic rings. The van der Waals surface area contributed by atoms with E-state index in [4.69, 9.17) is 27.9 Å². The molecule has 0 saturated heterocycles. The van der Waals surface area contributed by atoms with Crippen LogP contribution in [0.25, 0.3) is 0 Å². The van der Waals surface area contributed by atoms with E-state index >= 15 is 0 Å². The monoisotopic (exact) mass is 659 g/mol. The Balaban J connectivity index is 1.80. The van der Waals surface area contributed by atoms with E-state index in [1.807, 2.05) is 20.8 Å². The van der Waals surface area contributed by atoms with Crippen molar-refractivity contribution < 1.29 is 22.7 Å². The first kappa shape index (κ1) is 33.6. The minimum absolute atomic E-state index is 0.0196. The van der Waals surface area contributed by atoms with Crippen molar-refractivity contribution in [1.82, 2.24) is 10.2 Å². The van der Waals surface area contributed by atoms with Crippen LogP contribution in [0.2, 0.25) is 10.0 Å². The lowest BCUT2D eigenvalue weighted by Crippen LogP contribution is -2.53. The molecule has 2 amide bonds. The smallest absolute Gasteiger partial charge is 0.264 e. The average molecular weight is 661 g/mol. The molecule has 1 unspecified atom stereocenters. The molecule has 236 valence electrons. The first-order valence-electron chi connectivity index (χ1n) is 14.7. The number of carbonyl (C=O) groups is 2. The first-order chi connectivity index (χ1) is 21.0. The summed E-state index contributed by atoms with van der Waals surface area (Å²) in [5, 5.41) is 3.78. The lowest BCUT2D eigenvalue weighted by Gasteiger charge is -2.34. The van der Waals surface area contributed by atoms with Crippen molar-refractivity contribution in [2.75, 3.05) is 18.0 Å². The van der Waals surface area contributed by atoms with Crippen LogP contribution in [0.15, 0.2) is 65.6 Å². The summed E-state index contributed by atoms with van der Waals surface area (Å²) < 4.78 is 35.1. The van der Waals surface area contributed by atoms with E-state index in [-0.39, 0.29) is 34.8 Å². The van der Waals surface area contributed by atoms with Crippen LogP contribution in [-0.4, -0.2) is 50.9 Å². The van der Waals surface area contributed by atoms with Crippen molar-refractivity contribution in [2.45, 2.75) is 76.4 Å². The molecule has 0 aromatic heterocycles. The van der Waals surface area contributed by atoms with Gasteiger partial charge in [0.15, 0.2) is 0 Å². The number of halogens is 2. The van der Waals surface area contributed by atoms with Gasteiger partial charge in [0.05, 0.1) is 17.7 Å². The van der Waals surface area contributed by atoms with Crippen LogP contribution >= 0.6 is 23.2 Å². The van der Waals surface area contributed by atoms with E-state index in [0.717, 1.165) is 41.1 Å².